The first-order chi connectivity index (χ1) is 34.2. The number of hydrazone groups is 1. The number of nitrogens with one attached hydrogen (secondary N) is 3. The molecule has 4 heterocycles. The number of aldehydes is 1. The number of rotatable bonds is 19. The first-order valence-electron chi connectivity index (χ1n) is 23.8. The molecular formula is C51H70N10O9S. The van der Waals surface area contributed by atoms with Gasteiger partial charge in [-0.15, -0.1) is 11.3 Å². The van der Waals surface area contributed by atoms with Crippen molar-refractivity contribution in [2.24, 2.45) is 22.2 Å². The van der Waals surface area contributed by atoms with Crippen molar-refractivity contribution in [2.75, 3.05) is 53.1 Å². The van der Waals surface area contributed by atoms with Gasteiger partial charge in [-0.05, 0) is 74.2 Å². The van der Waals surface area contributed by atoms with Gasteiger partial charge in [-0.25, -0.2) is 10.8 Å². The maximum absolute atomic E-state index is 12.5. The minimum absolute atomic E-state index is 0.00101. The SMILES string of the molecule is CNC(C(=O)N1CC(O)CC1C)C(C)(C)C.Cc1ncsc1-c1ccc(CNC=O)cc1.N/N=C(\NN)c1ccc2noc(-c3cccc(OC4CCN(C(=O)CCOCCOCCC=O)CC4)c3)c2c1. The number of hydrazine groups is 1. The molecule has 0 radical (unpaired) electrons. The molecule has 8 N–H and O–H groups in total. The Labute approximate surface area is 419 Å². The van der Waals surface area contributed by atoms with Gasteiger partial charge in [-0.2, -0.15) is 5.10 Å². The third-order valence-corrected chi connectivity index (χ3v) is 13.0. The van der Waals surface area contributed by atoms with Crippen molar-refractivity contribution < 1.29 is 43.0 Å². The van der Waals surface area contributed by atoms with Crippen molar-refractivity contribution in [1.82, 2.24) is 36.0 Å². The topological polar surface area (TPSA) is 262 Å². The van der Waals surface area contributed by atoms with Crippen LogP contribution in [0.25, 0.3) is 32.7 Å². The molecule has 3 atom stereocenters. The zero-order valence-electron chi connectivity index (χ0n) is 41.6. The van der Waals surface area contributed by atoms with E-state index in [1.807, 2.05) is 101 Å². The number of ether oxygens (including phenoxy) is 3. The van der Waals surface area contributed by atoms with Gasteiger partial charge in [0.25, 0.3) is 0 Å². The number of likely N-dealkylation sites (tertiary alicyclic amines) is 2. The lowest BCUT2D eigenvalue weighted by molar-refractivity contribution is -0.137. The van der Waals surface area contributed by atoms with Crippen LogP contribution in [0.1, 0.15) is 76.6 Å². The highest BCUT2D eigenvalue weighted by atomic mass is 32.1. The quantitative estimate of drug-likeness (QED) is 0.0160. The van der Waals surface area contributed by atoms with E-state index < -0.39 is 0 Å². The van der Waals surface area contributed by atoms with Crippen LogP contribution in [0.15, 0.2) is 81.9 Å². The summed E-state index contributed by atoms with van der Waals surface area (Å²) in [5.41, 5.74) is 9.77. The Morgan fingerprint density at radius 2 is 1.75 bits per heavy atom. The van der Waals surface area contributed by atoms with Gasteiger partial charge in [0.2, 0.25) is 18.2 Å². The highest BCUT2D eigenvalue weighted by Gasteiger charge is 2.39. The average molecular weight is 999 g/mol. The Balaban J connectivity index is 0.000000239. The highest BCUT2D eigenvalue weighted by Crippen LogP contribution is 2.33. The summed E-state index contributed by atoms with van der Waals surface area (Å²) < 4.78 is 22.6. The maximum atomic E-state index is 12.5. The number of amidine groups is 1. The van der Waals surface area contributed by atoms with Gasteiger partial charge in [0.15, 0.2) is 11.6 Å². The summed E-state index contributed by atoms with van der Waals surface area (Å²) in [4.78, 5) is 54.3. The molecule has 2 aliphatic heterocycles. The van der Waals surface area contributed by atoms with Crippen LogP contribution in [-0.4, -0.2) is 133 Å². The molecule has 3 amide bonds. The van der Waals surface area contributed by atoms with Crippen molar-refractivity contribution in [3.63, 3.8) is 0 Å². The molecule has 0 spiro atoms. The van der Waals surface area contributed by atoms with Crippen LogP contribution >= 0.6 is 11.3 Å². The predicted octanol–water partition coefficient (Wildman–Crippen LogP) is 4.93. The number of hydrogen-bond donors (Lipinski definition) is 6. The van der Waals surface area contributed by atoms with Crippen LogP contribution in [0.3, 0.4) is 0 Å². The number of fused-ring (bicyclic) bond motifs is 1. The maximum Gasteiger partial charge on any atom is 0.240 e. The van der Waals surface area contributed by atoms with Gasteiger partial charge >= 0.3 is 0 Å². The second kappa shape index (κ2) is 27.9. The van der Waals surface area contributed by atoms with Crippen molar-refractivity contribution in [1.29, 1.82) is 0 Å². The molecular weight excluding hydrogens is 929 g/mol. The van der Waals surface area contributed by atoms with Gasteiger partial charge in [-0.1, -0.05) is 62.3 Å². The number of hydrogen-bond acceptors (Lipinski definition) is 16. The monoisotopic (exact) mass is 999 g/mol. The number of benzene rings is 3. The molecule has 0 aliphatic carbocycles. The lowest BCUT2D eigenvalue weighted by atomic mass is 9.86. The van der Waals surface area contributed by atoms with E-state index in [0.29, 0.717) is 101 Å². The predicted molar refractivity (Wildman–Crippen MR) is 274 cm³/mol. The molecule has 3 unspecified atom stereocenters. The second-order valence-corrected chi connectivity index (χ2v) is 19.2. The van der Waals surface area contributed by atoms with Crippen LogP contribution in [0.5, 0.6) is 5.75 Å². The number of nitrogens with zero attached hydrogens (tertiary/aromatic N) is 5. The zero-order valence-corrected chi connectivity index (χ0v) is 42.4. The third kappa shape index (κ3) is 16.4. The molecule has 2 saturated heterocycles. The Kier molecular flexibility index (Phi) is 21.9. The van der Waals surface area contributed by atoms with E-state index >= 15 is 0 Å². The number of amides is 3. The number of aryl methyl sites for hydroxylation is 1. The lowest BCUT2D eigenvalue weighted by Gasteiger charge is -2.34. The van der Waals surface area contributed by atoms with Crippen LogP contribution in [0.2, 0.25) is 0 Å². The molecule has 0 saturated carbocycles. The largest absolute Gasteiger partial charge is 0.490 e. The summed E-state index contributed by atoms with van der Waals surface area (Å²) in [5, 5.41) is 23.9. The fourth-order valence-electron chi connectivity index (χ4n) is 8.30. The summed E-state index contributed by atoms with van der Waals surface area (Å²) >= 11 is 1.64. The van der Waals surface area contributed by atoms with E-state index in [9.17, 15) is 24.3 Å². The fourth-order valence-corrected chi connectivity index (χ4v) is 9.12. The Hall–Kier alpha value is -6.29. The molecule has 2 fully saturated rings. The summed E-state index contributed by atoms with van der Waals surface area (Å²) in [5.74, 6) is 12.8. The summed E-state index contributed by atoms with van der Waals surface area (Å²) in [6, 6.07) is 21.2. The number of thiazole rings is 1. The summed E-state index contributed by atoms with van der Waals surface area (Å²) in [7, 11) is 1.81. The van der Waals surface area contributed by atoms with Crippen molar-refractivity contribution in [2.45, 2.75) is 97.6 Å². The van der Waals surface area contributed by atoms with Gasteiger partial charge < -0.3 is 60.3 Å². The smallest absolute Gasteiger partial charge is 0.240 e. The van der Waals surface area contributed by atoms with E-state index in [4.69, 9.17) is 30.4 Å². The van der Waals surface area contributed by atoms with E-state index in [1.165, 1.54) is 10.4 Å². The van der Waals surface area contributed by atoms with Gasteiger partial charge in [0.1, 0.15) is 23.7 Å². The summed E-state index contributed by atoms with van der Waals surface area (Å²) in [6.45, 7) is 14.0. The van der Waals surface area contributed by atoms with E-state index in [0.717, 1.165) is 47.1 Å². The molecule has 2 aliphatic rings. The van der Waals surface area contributed by atoms with E-state index in [2.05, 4.69) is 43.4 Å². The number of piperidine rings is 1. The number of β-amino-alcohol motifs (C(OH)–C–C–N with tert-alkyl or cyclic N) is 1. The minimum Gasteiger partial charge on any atom is -0.490 e. The Bertz CT molecular complexity index is 2480. The van der Waals surface area contributed by atoms with Gasteiger partial charge in [0.05, 0.1) is 66.5 Å². The van der Waals surface area contributed by atoms with Crippen LogP contribution < -0.4 is 32.5 Å². The number of carbonyl (C=O) groups excluding carboxylic acids is 4. The molecule has 20 heteroatoms. The molecule has 5 aromatic rings. The molecule has 71 heavy (non-hydrogen) atoms. The number of aliphatic hydroxyl groups is 1. The van der Waals surface area contributed by atoms with Gasteiger partial charge in [0, 0.05) is 62.6 Å². The number of aliphatic hydroxyl groups excluding tert-OH is 1. The normalized spacial score (nSPS) is 16.6. The first-order valence-corrected chi connectivity index (χ1v) is 24.7. The molecule has 2 aromatic heterocycles. The molecule has 0 bridgehead atoms. The highest BCUT2D eigenvalue weighted by molar-refractivity contribution is 7.13. The van der Waals surface area contributed by atoms with Crippen LogP contribution in [0, 0.1) is 12.3 Å². The first kappa shape index (κ1) is 55.6. The standard InChI is InChI=1S/C27H34N6O6.C12H24N2O2.C12H12N2OS/c28-30-27(31-29)20-5-6-24-23(18-20)26(39-32-24)19-3-1-4-22(17-19)38-21-7-10-33(11-8-21)25(35)9-14-37-16-15-36-13-2-12-34;1-8-6-9(15)7-14(8)11(16)10(13-5)12(2,3)4;1-9-12(16-8-14-9)11-4-2-10(3-5-11)6-13-7-15/h1,3-6,12,17-18,21H,2,7-11,13-16,28-29H2,(H,30,31);8-10,13,15H,6-7H2,1-5H3;2-5,7-8H,6H2,1H3,(H,13,15). The number of aromatic nitrogens is 2. The van der Waals surface area contributed by atoms with Crippen molar-refractivity contribution in [3.8, 4) is 27.5 Å². The van der Waals surface area contributed by atoms with Crippen LogP contribution in [0.4, 0.5) is 0 Å². The van der Waals surface area contributed by atoms with E-state index in [-0.39, 0.29) is 41.5 Å². The molecule has 7 rings (SSSR count). The lowest BCUT2D eigenvalue weighted by Crippen LogP contribution is -2.52. The number of likely N-dealkylation sites (N-methyl/N-ethyl adjacent to an activating group) is 1. The Morgan fingerprint density at radius 3 is 2.35 bits per heavy atom. The van der Waals surface area contributed by atoms with Gasteiger partial charge in [-0.3, -0.25) is 14.4 Å². The average Bonchev–Trinajstić information content (AvgIpc) is 4.09. The molecule has 3 aromatic carbocycles. The molecule has 384 valence electrons. The zero-order chi connectivity index (χ0) is 51.3. The third-order valence-electron chi connectivity index (χ3n) is 12.0. The van der Waals surface area contributed by atoms with Crippen molar-refractivity contribution in [3.05, 3.63) is 89.1 Å². The number of carbonyl (C=O) groups is 4. The van der Waals surface area contributed by atoms with Crippen molar-refractivity contribution >= 4 is 52.6 Å². The Morgan fingerprint density at radius 1 is 1.01 bits per heavy atom. The molecule has 19 nitrogen and oxygen atoms in total. The van der Waals surface area contributed by atoms with E-state index in [1.54, 1.807) is 22.3 Å². The summed E-state index contributed by atoms with van der Waals surface area (Å²) in [6.07, 6.45) is 4.03. The second-order valence-electron chi connectivity index (χ2n) is 18.3. The number of nitrogens with two attached hydrogens (primary N) is 2. The van der Waals surface area contributed by atoms with Crippen LogP contribution in [-0.2, 0) is 35.2 Å². The minimum atomic E-state index is -0.364. The fraction of sp³-hybridized carbons (Fsp3) is 0.471.